The van der Waals surface area contributed by atoms with Crippen LogP contribution in [-0.2, 0) is 14.3 Å². The summed E-state index contributed by atoms with van der Waals surface area (Å²) in [7, 11) is 0. The summed E-state index contributed by atoms with van der Waals surface area (Å²) in [5.41, 5.74) is 0. The molecule has 144 valence electrons. The molecule has 0 atom stereocenters. The molecule has 1 aromatic rings. The normalized spacial score (nSPS) is 9.59. The minimum Gasteiger partial charge on any atom is -0.494 e. The summed E-state index contributed by atoms with van der Waals surface area (Å²) in [6.07, 6.45) is 0.305. The molecule has 0 aliphatic heterocycles. The quantitative estimate of drug-likeness (QED) is 0.515. The SMILES string of the molecule is CCOc1ccc(OCCC(=O)OCC(=O)N(CCC#N)CCC#N)cc1. The highest BCUT2D eigenvalue weighted by molar-refractivity contribution is 5.80. The summed E-state index contributed by atoms with van der Waals surface area (Å²) in [6, 6.07) is 10.9. The lowest BCUT2D eigenvalue weighted by molar-refractivity contribution is -0.152. The Morgan fingerprint density at radius 1 is 1.00 bits per heavy atom. The van der Waals surface area contributed by atoms with Crippen LogP contribution in [0, 0.1) is 22.7 Å². The predicted octanol–water partition coefficient (Wildman–Crippen LogP) is 2.05. The van der Waals surface area contributed by atoms with Gasteiger partial charge in [-0.2, -0.15) is 10.5 Å². The molecule has 8 heteroatoms. The summed E-state index contributed by atoms with van der Waals surface area (Å²) in [4.78, 5) is 25.1. The number of carbonyl (C=O) groups is 2. The number of rotatable bonds is 12. The molecular formula is C19H23N3O5. The van der Waals surface area contributed by atoms with Gasteiger partial charge in [0.1, 0.15) is 11.5 Å². The second-order valence-corrected chi connectivity index (χ2v) is 5.36. The van der Waals surface area contributed by atoms with Gasteiger partial charge in [-0.1, -0.05) is 0 Å². The molecule has 1 amide bonds. The molecule has 0 N–H and O–H groups in total. The molecule has 0 spiro atoms. The van der Waals surface area contributed by atoms with Gasteiger partial charge in [-0.05, 0) is 31.2 Å². The van der Waals surface area contributed by atoms with Gasteiger partial charge < -0.3 is 19.1 Å². The third kappa shape index (κ3) is 9.13. The van der Waals surface area contributed by atoms with E-state index in [2.05, 4.69) is 0 Å². The molecule has 0 fully saturated rings. The summed E-state index contributed by atoms with van der Waals surface area (Å²) >= 11 is 0. The standard InChI is InChI=1S/C19H23N3O5/c1-2-25-16-5-7-17(8-6-16)26-14-9-19(24)27-15-18(23)22(12-3-10-20)13-4-11-21/h5-8H,2-4,9,12-15H2,1H3. The smallest absolute Gasteiger partial charge is 0.309 e. The van der Waals surface area contributed by atoms with Crippen LogP contribution >= 0.6 is 0 Å². The summed E-state index contributed by atoms with van der Waals surface area (Å²) < 4.78 is 15.7. The molecule has 0 aliphatic rings. The first-order chi connectivity index (χ1) is 13.1. The van der Waals surface area contributed by atoms with Crippen molar-refractivity contribution in [3.8, 4) is 23.6 Å². The Balaban J connectivity index is 2.31. The van der Waals surface area contributed by atoms with E-state index in [4.69, 9.17) is 24.7 Å². The molecule has 0 saturated heterocycles. The van der Waals surface area contributed by atoms with Crippen LogP contribution < -0.4 is 9.47 Å². The second kappa shape index (κ2) is 13.0. The largest absolute Gasteiger partial charge is 0.494 e. The number of nitrogens with zero attached hydrogens (tertiary/aromatic N) is 3. The van der Waals surface area contributed by atoms with Crippen LogP contribution in [0.3, 0.4) is 0 Å². The minimum absolute atomic E-state index is 0.00309. The average molecular weight is 373 g/mol. The molecule has 8 nitrogen and oxygen atoms in total. The molecule has 1 rings (SSSR count). The van der Waals surface area contributed by atoms with Gasteiger partial charge in [0, 0.05) is 13.1 Å². The number of ether oxygens (including phenoxy) is 3. The van der Waals surface area contributed by atoms with E-state index in [9.17, 15) is 9.59 Å². The zero-order valence-corrected chi connectivity index (χ0v) is 15.3. The Labute approximate surface area is 158 Å². The Morgan fingerprint density at radius 3 is 2.07 bits per heavy atom. The maximum Gasteiger partial charge on any atom is 0.309 e. The van der Waals surface area contributed by atoms with Crippen molar-refractivity contribution < 1.29 is 23.8 Å². The van der Waals surface area contributed by atoms with Crippen LogP contribution in [0.15, 0.2) is 24.3 Å². The molecule has 0 aliphatic carbocycles. The molecule has 0 aromatic heterocycles. The van der Waals surface area contributed by atoms with Gasteiger partial charge in [0.25, 0.3) is 5.91 Å². The number of esters is 1. The van der Waals surface area contributed by atoms with Gasteiger partial charge in [0.15, 0.2) is 6.61 Å². The first-order valence-corrected chi connectivity index (χ1v) is 8.63. The van der Waals surface area contributed by atoms with E-state index < -0.39 is 18.5 Å². The first kappa shape index (κ1) is 21.8. The minimum atomic E-state index is -0.560. The molecular weight excluding hydrogens is 350 g/mol. The first-order valence-electron chi connectivity index (χ1n) is 8.63. The molecule has 0 radical (unpaired) electrons. The van der Waals surface area contributed by atoms with Gasteiger partial charge in [0.05, 0.1) is 44.6 Å². The van der Waals surface area contributed by atoms with E-state index in [0.717, 1.165) is 5.75 Å². The number of nitriles is 2. The summed E-state index contributed by atoms with van der Waals surface area (Å²) in [5, 5.41) is 17.2. The van der Waals surface area contributed by atoms with Crippen molar-refractivity contribution in [3.05, 3.63) is 24.3 Å². The van der Waals surface area contributed by atoms with Gasteiger partial charge >= 0.3 is 5.97 Å². The topological polar surface area (TPSA) is 113 Å². The van der Waals surface area contributed by atoms with Crippen molar-refractivity contribution in [2.24, 2.45) is 0 Å². The van der Waals surface area contributed by atoms with Crippen molar-refractivity contribution in [1.29, 1.82) is 10.5 Å². The molecule has 1 aromatic carbocycles. The highest BCUT2D eigenvalue weighted by Gasteiger charge is 2.15. The van der Waals surface area contributed by atoms with Gasteiger partial charge in [-0.15, -0.1) is 0 Å². The lowest BCUT2D eigenvalue weighted by atomic mass is 10.3. The summed E-state index contributed by atoms with van der Waals surface area (Å²) in [6.45, 7) is 2.58. The van der Waals surface area contributed by atoms with Crippen molar-refractivity contribution in [1.82, 2.24) is 4.90 Å². The Bertz CT molecular complexity index is 658. The van der Waals surface area contributed by atoms with E-state index in [1.54, 1.807) is 24.3 Å². The molecule has 0 heterocycles. The van der Waals surface area contributed by atoms with Crippen molar-refractivity contribution in [3.63, 3.8) is 0 Å². The van der Waals surface area contributed by atoms with E-state index >= 15 is 0 Å². The molecule has 0 unspecified atom stereocenters. The maximum atomic E-state index is 12.0. The summed E-state index contributed by atoms with van der Waals surface area (Å²) in [5.74, 6) is 0.345. The number of benzene rings is 1. The zero-order valence-electron chi connectivity index (χ0n) is 15.3. The third-order valence-electron chi connectivity index (χ3n) is 3.41. The van der Waals surface area contributed by atoms with E-state index in [-0.39, 0.29) is 39.0 Å². The van der Waals surface area contributed by atoms with Crippen molar-refractivity contribution >= 4 is 11.9 Å². The van der Waals surface area contributed by atoms with E-state index in [1.165, 1.54) is 4.90 Å². The molecule has 0 bridgehead atoms. The lowest BCUT2D eigenvalue weighted by Crippen LogP contribution is -2.36. The highest BCUT2D eigenvalue weighted by Crippen LogP contribution is 2.17. The van der Waals surface area contributed by atoms with Gasteiger partial charge in [-0.25, -0.2) is 0 Å². The fourth-order valence-electron chi connectivity index (χ4n) is 2.09. The van der Waals surface area contributed by atoms with Crippen LogP contribution in [-0.4, -0.2) is 49.7 Å². The van der Waals surface area contributed by atoms with Crippen LogP contribution in [0.25, 0.3) is 0 Å². The average Bonchev–Trinajstić information content (AvgIpc) is 2.68. The van der Waals surface area contributed by atoms with Crippen LogP contribution in [0.1, 0.15) is 26.2 Å². The van der Waals surface area contributed by atoms with Gasteiger partial charge in [0.2, 0.25) is 0 Å². The predicted molar refractivity (Wildman–Crippen MR) is 95.7 cm³/mol. The van der Waals surface area contributed by atoms with Gasteiger partial charge in [-0.3, -0.25) is 9.59 Å². The third-order valence-corrected chi connectivity index (χ3v) is 3.41. The fourth-order valence-corrected chi connectivity index (χ4v) is 2.09. The highest BCUT2D eigenvalue weighted by atomic mass is 16.5. The van der Waals surface area contributed by atoms with Crippen molar-refractivity contribution in [2.75, 3.05) is 32.9 Å². The van der Waals surface area contributed by atoms with Crippen LogP contribution in [0.2, 0.25) is 0 Å². The monoisotopic (exact) mass is 373 g/mol. The van der Waals surface area contributed by atoms with Crippen molar-refractivity contribution in [2.45, 2.75) is 26.2 Å². The Hall–Kier alpha value is -3.26. The number of amides is 1. The maximum absolute atomic E-state index is 12.0. The molecule has 0 saturated carbocycles. The second-order valence-electron chi connectivity index (χ2n) is 5.36. The van der Waals surface area contributed by atoms with Crippen LogP contribution in [0.4, 0.5) is 0 Å². The zero-order chi connectivity index (χ0) is 19.9. The number of carbonyl (C=O) groups excluding carboxylic acids is 2. The lowest BCUT2D eigenvalue weighted by Gasteiger charge is -2.20. The number of hydrogen-bond acceptors (Lipinski definition) is 7. The van der Waals surface area contributed by atoms with E-state index in [0.29, 0.717) is 12.4 Å². The number of hydrogen-bond donors (Lipinski definition) is 0. The Morgan fingerprint density at radius 2 is 1.56 bits per heavy atom. The van der Waals surface area contributed by atoms with E-state index in [1.807, 2.05) is 19.1 Å². The fraction of sp³-hybridized carbons (Fsp3) is 0.474. The molecule has 27 heavy (non-hydrogen) atoms. The van der Waals surface area contributed by atoms with Crippen LogP contribution in [0.5, 0.6) is 11.5 Å². The Kier molecular flexibility index (Phi) is 10.5.